The van der Waals surface area contributed by atoms with Crippen LogP contribution in [0.2, 0.25) is 0 Å². The van der Waals surface area contributed by atoms with Crippen molar-refractivity contribution in [2.75, 3.05) is 36.1 Å². The van der Waals surface area contributed by atoms with Crippen LogP contribution in [0.4, 0.5) is 11.4 Å². The van der Waals surface area contributed by atoms with Crippen molar-refractivity contribution >= 4 is 27.3 Å². The summed E-state index contributed by atoms with van der Waals surface area (Å²) in [5.74, 6) is 0.575. The van der Waals surface area contributed by atoms with Crippen LogP contribution in [0.3, 0.4) is 0 Å². The number of amides is 1. The maximum atomic E-state index is 12.8. The monoisotopic (exact) mass is 390 g/mol. The van der Waals surface area contributed by atoms with Gasteiger partial charge in [-0.05, 0) is 43.2 Å². The third-order valence-corrected chi connectivity index (χ3v) is 6.37. The van der Waals surface area contributed by atoms with E-state index < -0.39 is 10.0 Å². The highest BCUT2D eigenvalue weighted by molar-refractivity contribution is 7.93. The zero-order chi connectivity index (χ0) is 19.6. The molecule has 1 fully saturated rings. The lowest BCUT2D eigenvalue weighted by Gasteiger charge is -2.19. The Labute approximate surface area is 158 Å². The summed E-state index contributed by atoms with van der Waals surface area (Å²) < 4.78 is 36.3. The van der Waals surface area contributed by atoms with Crippen LogP contribution in [0.25, 0.3) is 0 Å². The molecule has 2 aromatic rings. The summed E-state index contributed by atoms with van der Waals surface area (Å²) in [7, 11) is -0.311. The number of aryl methyl sites for hydroxylation is 1. The topological polar surface area (TPSA) is 84.9 Å². The number of anilines is 2. The first-order valence-electron chi connectivity index (χ1n) is 8.51. The fourth-order valence-electron chi connectivity index (χ4n) is 3.08. The summed E-state index contributed by atoms with van der Waals surface area (Å²) in [4.78, 5) is 12.8. The number of ether oxygens (including phenoxy) is 2. The molecule has 1 heterocycles. The number of nitrogens with one attached hydrogen (secondary N) is 1. The highest BCUT2D eigenvalue weighted by atomic mass is 32.2. The zero-order valence-corrected chi connectivity index (χ0v) is 16.3. The quantitative estimate of drug-likeness (QED) is 0.849. The van der Waals surface area contributed by atoms with E-state index in [1.54, 1.807) is 36.4 Å². The highest BCUT2D eigenvalue weighted by Gasteiger charge is 2.28. The second-order valence-electron chi connectivity index (χ2n) is 6.24. The van der Waals surface area contributed by atoms with Crippen molar-refractivity contribution < 1.29 is 22.7 Å². The summed E-state index contributed by atoms with van der Waals surface area (Å²) in [6, 6.07) is 10.3. The van der Waals surface area contributed by atoms with E-state index in [0.717, 1.165) is 5.56 Å². The van der Waals surface area contributed by atoms with Gasteiger partial charge < -0.3 is 14.8 Å². The summed E-state index contributed by atoms with van der Waals surface area (Å²) in [5.41, 5.74) is 2.25. The number of hydrogen-bond donors (Lipinski definition) is 1. The third-order valence-electron chi connectivity index (χ3n) is 4.50. The largest absolute Gasteiger partial charge is 0.493 e. The molecule has 0 saturated carbocycles. The van der Waals surface area contributed by atoms with Crippen molar-refractivity contribution in [1.29, 1.82) is 0 Å². The Bertz CT molecular complexity index is 972. The molecule has 0 atom stereocenters. The second kappa shape index (κ2) is 7.48. The second-order valence-corrected chi connectivity index (χ2v) is 8.25. The molecular weight excluding hydrogens is 368 g/mol. The van der Waals surface area contributed by atoms with Gasteiger partial charge in [-0.2, -0.15) is 0 Å². The SMILES string of the molecule is COc1cccc(C(=O)Nc2cc(N3CCCS3(=O)=O)ccc2C)c1OC. The summed E-state index contributed by atoms with van der Waals surface area (Å²) >= 11 is 0. The Morgan fingerprint density at radius 2 is 1.93 bits per heavy atom. The fraction of sp³-hybridized carbons (Fsp3) is 0.316. The summed E-state index contributed by atoms with van der Waals surface area (Å²) in [5, 5.41) is 2.85. The van der Waals surface area contributed by atoms with Crippen LogP contribution in [-0.4, -0.2) is 40.8 Å². The molecule has 0 unspecified atom stereocenters. The molecule has 0 bridgehead atoms. The van der Waals surface area contributed by atoms with E-state index in [4.69, 9.17) is 9.47 Å². The lowest BCUT2D eigenvalue weighted by atomic mass is 10.1. The average molecular weight is 390 g/mol. The van der Waals surface area contributed by atoms with E-state index in [-0.39, 0.29) is 11.7 Å². The molecule has 1 aliphatic heterocycles. The molecule has 27 heavy (non-hydrogen) atoms. The van der Waals surface area contributed by atoms with Crippen molar-refractivity contribution in [1.82, 2.24) is 0 Å². The van der Waals surface area contributed by atoms with Gasteiger partial charge in [-0.25, -0.2) is 8.42 Å². The van der Waals surface area contributed by atoms with Gasteiger partial charge in [0.05, 0.1) is 31.2 Å². The average Bonchev–Trinajstić information content (AvgIpc) is 3.01. The smallest absolute Gasteiger partial charge is 0.259 e. The molecule has 0 aromatic heterocycles. The number of rotatable bonds is 5. The summed E-state index contributed by atoms with van der Waals surface area (Å²) in [6.07, 6.45) is 0.596. The molecule has 0 radical (unpaired) electrons. The van der Waals surface area contributed by atoms with Crippen LogP contribution in [0.1, 0.15) is 22.3 Å². The predicted octanol–water partition coefficient (Wildman–Crippen LogP) is 2.80. The molecule has 0 aliphatic carbocycles. The first-order chi connectivity index (χ1) is 12.9. The number of nitrogens with zero attached hydrogens (tertiary/aromatic N) is 1. The van der Waals surface area contributed by atoms with E-state index >= 15 is 0 Å². The van der Waals surface area contributed by atoms with Gasteiger partial charge in [0.15, 0.2) is 11.5 Å². The Morgan fingerprint density at radius 3 is 2.56 bits per heavy atom. The minimum absolute atomic E-state index is 0.142. The predicted molar refractivity (Wildman–Crippen MR) is 104 cm³/mol. The van der Waals surface area contributed by atoms with Gasteiger partial charge in [-0.15, -0.1) is 0 Å². The van der Waals surface area contributed by atoms with Gasteiger partial charge >= 0.3 is 0 Å². The number of sulfonamides is 1. The van der Waals surface area contributed by atoms with Crippen molar-refractivity contribution in [2.45, 2.75) is 13.3 Å². The first kappa shape index (κ1) is 19.0. The standard InChI is InChI=1S/C19H22N2O5S/c1-13-8-9-14(21-10-5-11-27(21,23)24)12-16(13)20-19(22)15-6-4-7-17(25-2)18(15)26-3/h4,6-9,12H,5,10-11H2,1-3H3,(H,20,22). The van der Waals surface area contributed by atoms with Gasteiger partial charge in [0.25, 0.3) is 5.91 Å². The van der Waals surface area contributed by atoms with E-state index in [1.807, 2.05) is 6.92 Å². The number of para-hydroxylation sites is 1. The molecular formula is C19H22N2O5S. The fourth-order valence-corrected chi connectivity index (χ4v) is 4.64. The van der Waals surface area contributed by atoms with Crippen LogP contribution < -0.4 is 19.1 Å². The van der Waals surface area contributed by atoms with Crippen LogP contribution in [0.15, 0.2) is 36.4 Å². The maximum absolute atomic E-state index is 12.8. The lowest BCUT2D eigenvalue weighted by Crippen LogP contribution is -2.25. The van der Waals surface area contributed by atoms with Crippen molar-refractivity contribution in [3.05, 3.63) is 47.5 Å². The van der Waals surface area contributed by atoms with Gasteiger partial charge in [-0.3, -0.25) is 9.10 Å². The first-order valence-corrected chi connectivity index (χ1v) is 10.1. The van der Waals surface area contributed by atoms with E-state index in [9.17, 15) is 13.2 Å². The molecule has 1 aliphatic rings. The van der Waals surface area contributed by atoms with Gasteiger partial charge in [-0.1, -0.05) is 12.1 Å². The van der Waals surface area contributed by atoms with E-state index in [2.05, 4.69) is 5.32 Å². The van der Waals surface area contributed by atoms with Gasteiger partial charge in [0, 0.05) is 12.2 Å². The Balaban J connectivity index is 1.92. The number of carbonyl (C=O) groups excluding carboxylic acids is 1. The Morgan fingerprint density at radius 1 is 1.15 bits per heavy atom. The molecule has 2 aromatic carbocycles. The minimum atomic E-state index is -3.29. The lowest BCUT2D eigenvalue weighted by molar-refractivity contribution is 0.102. The molecule has 1 saturated heterocycles. The number of hydrogen-bond acceptors (Lipinski definition) is 5. The van der Waals surface area contributed by atoms with Crippen molar-refractivity contribution in [3.8, 4) is 11.5 Å². The van der Waals surface area contributed by atoms with Crippen molar-refractivity contribution in [2.24, 2.45) is 0 Å². The van der Waals surface area contributed by atoms with Crippen LogP contribution in [0, 0.1) is 6.92 Å². The normalized spacial score (nSPS) is 15.4. The molecule has 8 heteroatoms. The molecule has 3 rings (SSSR count). The Hall–Kier alpha value is -2.74. The molecule has 1 N–H and O–H groups in total. The van der Waals surface area contributed by atoms with Gasteiger partial charge in [0.1, 0.15) is 0 Å². The van der Waals surface area contributed by atoms with E-state index in [0.29, 0.717) is 41.4 Å². The van der Waals surface area contributed by atoms with Crippen LogP contribution in [-0.2, 0) is 10.0 Å². The molecule has 7 nitrogen and oxygen atoms in total. The van der Waals surface area contributed by atoms with Crippen LogP contribution >= 0.6 is 0 Å². The Kier molecular flexibility index (Phi) is 5.27. The van der Waals surface area contributed by atoms with Crippen molar-refractivity contribution in [3.63, 3.8) is 0 Å². The number of carbonyl (C=O) groups is 1. The molecule has 1 amide bonds. The zero-order valence-electron chi connectivity index (χ0n) is 15.5. The summed E-state index contributed by atoms with van der Waals surface area (Å²) in [6.45, 7) is 2.29. The molecule has 0 spiro atoms. The third kappa shape index (κ3) is 3.71. The van der Waals surface area contributed by atoms with Crippen LogP contribution in [0.5, 0.6) is 11.5 Å². The number of methoxy groups -OCH3 is 2. The van der Waals surface area contributed by atoms with Gasteiger partial charge in [0.2, 0.25) is 10.0 Å². The molecule has 144 valence electrons. The van der Waals surface area contributed by atoms with E-state index in [1.165, 1.54) is 18.5 Å². The number of benzene rings is 2. The highest BCUT2D eigenvalue weighted by Crippen LogP contribution is 2.32. The maximum Gasteiger partial charge on any atom is 0.259 e. The minimum Gasteiger partial charge on any atom is -0.493 e.